The van der Waals surface area contributed by atoms with E-state index in [1.54, 1.807) is 35.6 Å². The zero-order chi connectivity index (χ0) is 23.3. The van der Waals surface area contributed by atoms with Crippen LogP contribution >= 0.6 is 11.3 Å². The van der Waals surface area contributed by atoms with Gasteiger partial charge in [-0.25, -0.2) is 13.4 Å². The Hall–Kier alpha value is -2.75. The van der Waals surface area contributed by atoms with Crippen LogP contribution in [0.5, 0.6) is 5.75 Å². The lowest BCUT2D eigenvalue weighted by molar-refractivity contribution is -0.126. The van der Waals surface area contributed by atoms with E-state index < -0.39 is 10.0 Å². The summed E-state index contributed by atoms with van der Waals surface area (Å²) in [7, 11) is -3.58. The van der Waals surface area contributed by atoms with Gasteiger partial charge < -0.3 is 10.1 Å². The Morgan fingerprint density at radius 2 is 1.82 bits per heavy atom. The molecule has 0 bridgehead atoms. The molecule has 9 heteroatoms. The van der Waals surface area contributed by atoms with Crippen LogP contribution in [0, 0.1) is 5.92 Å². The first-order chi connectivity index (χ1) is 16.0. The molecule has 2 aromatic carbocycles. The van der Waals surface area contributed by atoms with E-state index in [1.807, 2.05) is 42.6 Å². The number of nitrogens with one attached hydrogen (secondary N) is 1. The molecule has 1 aliphatic heterocycles. The summed E-state index contributed by atoms with van der Waals surface area (Å²) >= 11 is 1.55. The van der Waals surface area contributed by atoms with E-state index in [0.29, 0.717) is 44.8 Å². The second kappa shape index (κ2) is 10.5. The molecule has 1 saturated heterocycles. The highest BCUT2D eigenvalue weighted by molar-refractivity contribution is 7.89. The Labute approximate surface area is 198 Å². The minimum atomic E-state index is -3.58. The fourth-order valence-corrected chi connectivity index (χ4v) is 6.10. The fraction of sp³-hybridized carbons (Fsp3) is 0.333. The van der Waals surface area contributed by atoms with Crippen LogP contribution < -0.4 is 10.1 Å². The molecule has 0 unspecified atom stereocenters. The summed E-state index contributed by atoms with van der Waals surface area (Å²) in [4.78, 5) is 17.5. The Balaban J connectivity index is 1.28. The Bertz CT molecular complexity index is 1170. The summed E-state index contributed by atoms with van der Waals surface area (Å²) in [5.41, 5.74) is 1.88. The summed E-state index contributed by atoms with van der Waals surface area (Å²) in [6.07, 6.45) is 0.989. The van der Waals surface area contributed by atoms with Gasteiger partial charge in [-0.05, 0) is 44.0 Å². The molecule has 3 aromatic rings. The standard InChI is InChI=1S/C24H27N3O4S2/c1-2-31-21-8-10-22(11-9-21)33(29,30)27-14-12-18(13-15-27)23(28)25-16-20-17-32-24(26-20)19-6-4-3-5-7-19/h3-11,17-18H,2,12-16H2,1H3,(H,25,28). The third kappa shape index (κ3) is 5.61. The van der Waals surface area contributed by atoms with Crippen LogP contribution in [-0.2, 0) is 21.4 Å². The van der Waals surface area contributed by atoms with Crippen LogP contribution in [0.4, 0.5) is 0 Å². The number of sulfonamides is 1. The number of carbonyl (C=O) groups excluding carboxylic acids is 1. The Kier molecular flexibility index (Phi) is 7.42. The summed E-state index contributed by atoms with van der Waals surface area (Å²) in [6, 6.07) is 16.4. The van der Waals surface area contributed by atoms with Crippen molar-refractivity contribution < 1.29 is 17.9 Å². The van der Waals surface area contributed by atoms with Crippen LogP contribution in [-0.4, -0.2) is 43.3 Å². The number of thiazole rings is 1. The van der Waals surface area contributed by atoms with Crippen molar-refractivity contribution in [3.05, 3.63) is 65.7 Å². The number of nitrogens with zero attached hydrogens (tertiary/aromatic N) is 2. The van der Waals surface area contributed by atoms with Crippen LogP contribution in [0.3, 0.4) is 0 Å². The predicted octanol–water partition coefficient (Wildman–Crippen LogP) is 3.93. The smallest absolute Gasteiger partial charge is 0.243 e. The summed E-state index contributed by atoms with van der Waals surface area (Å²) in [6.45, 7) is 3.42. The molecule has 1 amide bonds. The van der Waals surface area contributed by atoms with Gasteiger partial charge in [0, 0.05) is 30.0 Å². The maximum Gasteiger partial charge on any atom is 0.243 e. The first-order valence-corrected chi connectivity index (χ1v) is 13.3. The van der Waals surface area contributed by atoms with Crippen LogP contribution in [0.2, 0.25) is 0 Å². The Morgan fingerprint density at radius 1 is 1.12 bits per heavy atom. The monoisotopic (exact) mass is 485 g/mol. The van der Waals surface area contributed by atoms with Crippen molar-refractivity contribution in [2.45, 2.75) is 31.2 Å². The van der Waals surface area contributed by atoms with Crippen molar-refractivity contribution in [1.29, 1.82) is 0 Å². The molecule has 7 nitrogen and oxygen atoms in total. The van der Waals surface area contributed by atoms with Crippen LogP contribution in [0.15, 0.2) is 64.9 Å². The summed E-state index contributed by atoms with van der Waals surface area (Å²) < 4.78 is 32.7. The molecule has 1 aliphatic rings. The molecular formula is C24H27N3O4S2. The average Bonchev–Trinajstić information content (AvgIpc) is 3.33. The van der Waals surface area contributed by atoms with E-state index in [9.17, 15) is 13.2 Å². The first-order valence-electron chi connectivity index (χ1n) is 11.0. The molecule has 1 N–H and O–H groups in total. The van der Waals surface area contributed by atoms with E-state index in [1.165, 1.54) is 4.31 Å². The van der Waals surface area contributed by atoms with Crippen LogP contribution in [0.25, 0.3) is 10.6 Å². The van der Waals surface area contributed by atoms with Gasteiger partial charge in [-0.15, -0.1) is 11.3 Å². The molecule has 0 spiro atoms. The lowest BCUT2D eigenvalue weighted by Crippen LogP contribution is -2.42. The molecule has 0 aliphatic carbocycles. The normalized spacial score (nSPS) is 15.3. The van der Waals surface area contributed by atoms with Gasteiger partial charge in [-0.3, -0.25) is 4.79 Å². The van der Waals surface area contributed by atoms with Crippen molar-refractivity contribution in [2.75, 3.05) is 19.7 Å². The Morgan fingerprint density at radius 3 is 2.48 bits per heavy atom. The lowest BCUT2D eigenvalue weighted by Gasteiger charge is -2.30. The molecule has 0 radical (unpaired) electrons. The number of hydrogen-bond acceptors (Lipinski definition) is 6. The van der Waals surface area contributed by atoms with E-state index in [0.717, 1.165) is 16.3 Å². The van der Waals surface area contributed by atoms with E-state index in [4.69, 9.17) is 4.74 Å². The quantitative estimate of drug-likeness (QED) is 0.522. The predicted molar refractivity (Wildman–Crippen MR) is 128 cm³/mol. The molecule has 1 fully saturated rings. The van der Waals surface area contributed by atoms with Gasteiger partial charge in [-0.2, -0.15) is 4.31 Å². The fourth-order valence-electron chi connectivity index (χ4n) is 3.81. The number of carbonyl (C=O) groups is 1. The zero-order valence-electron chi connectivity index (χ0n) is 18.4. The average molecular weight is 486 g/mol. The van der Waals surface area contributed by atoms with Crippen molar-refractivity contribution in [3.63, 3.8) is 0 Å². The van der Waals surface area contributed by atoms with Gasteiger partial charge in [0.2, 0.25) is 15.9 Å². The number of piperidine rings is 1. The highest BCUT2D eigenvalue weighted by Gasteiger charge is 2.32. The molecule has 1 aromatic heterocycles. The summed E-state index contributed by atoms with van der Waals surface area (Å²) in [5.74, 6) is 0.384. The molecule has 4 rings (SSSR count). The molecular weight excluding hydrogens is 458 g/mol. The van der Waals surface area contributed by atoms with Gasteiger partial charge in [0.1, 0.15) is 10.8 Å². The van der Waals surface area contributed by atoms with Gasteiger partial charge in [0.15, 0.2) is 0 Å². The number of hydrogen-bond donors (Lipinski definition) is 1. The second-order valence-electron chi connectivity index (χ2n) is 7.81. The van der Waals surface area contributed by atoms with Crippen molar-refractivity contribution >= 4 is 27.3 Å². The van der Waals surface area contributed by atoms with Gasteiger partial charge in [0.25, 0.3) is 0 Å². The van der Waals surface area contributed by atoms with Gasteiger partial charge >= 0.3 is 0 Å². The maximum atomic E-state index is 12.9. The number of rotatable bonds is 8. The number of amides is 1. The minimum Gasteiger partial charge on any atom is -0.494 e. The second-order valence-corrected chi connectivity index (χ2v) is 10.6. The number of ether oxygens (including phenoxy) is 1. The highest BCUT2D eigenvalue weighted by Crippen LogP contribution is 2.26. The summed E-state index contributed by atoms with van der Waals surface area (Å²) in [5, 5.41) is 5.84. The molecule has 174 valence electrons. The third-order valence-electron chi connectivity index (χ3n) is 5.61. The topological polar surface area (TPSA) is 88.6 Å². The van der Waals surface area contributed by atoms with Crippen LogP contribution in [0.1, 0.15) is 25.5 Å². The van der Waals surface area contributed by atoms with Crippen molar-refractivity contribution in [1.82, 2.24) is 14.6 Å². The molecule has 2 heterocycles. The van der Waals surface area contributed by atoms with Gasteiger partial charge in [0.05, 0.1) is 23.7 Å². The molecule has 33 heavy (non-hydrogen) atoms. The maximum absolute atomic E-state index is 12.9. The lowest BCUT2D eigenvalue weighted by atomic mass is 9.97. The molecule has 0 atom stereocenters. The van der Waals surface area contributed by atoms with E-state index >= 15 is 0 Å². The van der Waals surface area contributed by atoms with E-state index in [2.05, 4.69) is 10.3 Å². The molecule has 0 saturated carbocycles. The largest absolute Gasteiger partial charge is 0.494 e. The number of benzene rings is 2. The highest BCUT2D eigenvalue weighted by atomic mass is 32.2. The van der Waals surface area contributed by atoms with Gasteiger partial charge in [-0.1, -0.05) is 30.3 Å². The first kappa shape index (κ1) is 23.4. The number of aromatic nitrogens is 1. The van der Waals surface area contributed by atoms with E-state index in [-0.39, 0.29) is 16.7 Å². The zero-order valence-corrected chi connectivity index (χ0v) is 20.1. The van der Waals surface area contributed by atoms with Crippen molar-refractivity contribution in [2.24, 2.45) is 5.92 Å². The SMILES string of the molecule is CCOc1ccc(S(=O)(=O)N2CCC(C(=O)NCc3csc(-c4ccccc4)n3)CC2)cc1. The third-order valence-corrected chi connectivity index (χ3v) is 8.47. The minimum absolute atomic E-state index is 0.0534. The van der Waals surface area contributed by atoms with Crippen molar-refractivity contribution in [3.8, 4) is 16.3 Å².